The average molecular weight is 285 g/mol. The van der Waals surface area contributed by atoms with Crippen LogP contribution in [-0.4, -0.2) is 27.0 Å². The molecule has 106 valence electrons. The number of carbonyl (C=O) groups is 1. The summed E-state index contributed by atoms with van der Waals surface area (Å²) in [6, 6.07) is 11.4. The number of carbonyl (C=O) groups excluding carboxylic acids is 1. The predicted octanol–water partition coefficient (Wildman–Crippen LogP) is 0.565. The molecule has 7 heteroatoms. The number of aromatic amines is 1. The van der Waals surface area contributed by atoms with Crippen molar-refractivity contribution in [2.45, 2.75) is 0 Å². The summed E-state index contributed by atoms with van der Waals surface area (Å²) in [7, 11) is 1.23. The van der Waals surface area contributed by atoms with Crippen LogP contribution in [0.1, 0.15) is 10.5 Å². The molecule has 0 fully saturated rings. The quantitative estimate of drug-likeness (QED) is 0.697. The number of aromatic nitrogens is 3. The molecule has 0 atom stereocenters. The Kier molecular flexibility index (Phi) is 2.94. The molecule has 0 saturated carbocycles. The molecule has 7 nitrogen and oxygen atoms in total. The van der Waals surface area contributed by atoms with Gasteiger partial charge in [-0.3, -0.25) is 4.98 Å². The van der Waals surface area contributed by atoms with E-state index in [1.807, 2.05) is 0 Å². The Balaban J connectivity index is 2.40. The van der Waals surface area contributed by atoms with Crippen molar-refractivity contribution in [1.29, 1.82) is 0 Å². The lowest BCUT2D eigenvalue weighted by molar-refractivity contribution is 0.0592. The van der Waals surface area contributed by atoms with Gasteiger partial charge in [0.25, 0.3) is 0 Å². The number of nitrogens with one attached hydrogen (secondary N) is 1. The number of benzene rings is 1. The fraction of sp³-hybridized carbons (Fsp3) is 0.0714. The Labute approximate surface area is 118 Å². The maximum Gasteiger partial charge on any atom is 0.355 e. The van der Waals surface area contributed by atoms with E-state index in [1.165, 1.54) is 19.2 Å². The first-order valence-corrected chi connectivity index (χ1v) is 6.14. The zero-order chi connectivity index (χ0) is 15.0. The van der Waals surface area contributed by atoms with Gasteiger partial charge in [-0.05, 0) is 24.3 Å². The second-order valence-corrected chi connectivity index (χ2v) is 4.31. The van der Waals surface area contributed by atoms with Crippen LogP contribution < -0.4 is 11.4 Å². The topological polar surface area (TPSA) is 85.6 Å². The summed E-state index contributed by atoms with van der Waals surface area (Å²) in [5.41, 5.74) is -0.509. The zero-order valence-corrected chi connectivity index (χ0v) is 11.1. The Hall–Kier alpha value is -3.09. The molecule has 0 spiro atoms. The molecule has 1 aromatic carbocycles. The van der Waals surface area contributed by atoms with Crippen molar-refractivity contribution in [3.8, 4) is 5.69 Å². The van der Waals surface area contributed by atoms with Crippen LogP contribution in [0.15, 0.2) is 52.1 Å². The standard InChI is InChI=1S/C14H11N3O4/c1-21-12(18)10-7-8-11-15-13(19)16(14(20)17(10)11)9-5-3-2-4-6-9/h2-8H,1H3,(H,15,19). The molecule has 0 saturated heterocycles. The van der Waals surface area contributed by atoms with E-state index in [0.29, 0.717) is 5.69 Å². The lowest BCUT2D eigenvalue weighted by Gasteiger charge is -2.06. The molecule has 0 aliphatic rings. The van der Waals surface area contributed by atoms with Crippen molar-refractivity contribution >= 4 is 11.6 Å². The molecule has 0 unspecified atom stereocenters. The fourth-order valence-corrected chi connectivity index (χ4v) is 2.16. The van der Waals surface area contributed by atoms with Crippen LogP contribution >= 0.6 is 0 Å². The minimum absolute atomic E-state index is 0.0541. The van der Waals surface area contributed by atoms with Crippen molar-refractivity contribution in [3.63, 3.8) is 0 Å². The lowest BCUT2D eigenvalue weighted by Crippen LogP contribution is -2.38. The van der Waals surface area contributed by atoms with E-state index in [9.17, 15) is 14.4 Å². The van der Waals surface area contributed by atoms with Gasteiger partial charge in [0.05, 0.1) is 12.8 Å². The molecule has 2 aromatic heterocycles. The van der Waals surface area contributed by atoms with Gasteiger partial charge in [-0.2, -0.15) is 0 Å². The Morgan fingerprint density at radius 3 is 2.48 bits per heavy atom. The van der Waals surface area contributed by atoms with Gasteiger partial charge in [0.15, 0.2) is 0 Å². The molecule has 0 aliphatic carbocycles. The highest BCUT2D eigenvalue weighted by Crippen LogP contribution is 2.06. The van der Waals surface area contributed by atoms with Crippen molar-refractivity contribution in [2.75, 3.05) is 7.11 Å². The largest absolute Gasteiger partial charge is 0.464 e. The summed E-state index contributed by atoms with van der Waals surface area (Å²) in [5.74, 6) is -0.654. The monoisotopic (exact) mass is 285 g/mol. The molecule has 0 bridgehead atoms. The van der Waals surface area contributed by atoms with E-state index < -0.39 is 17.3 Å². The first-order valence-electron chi connectivity index (χ1n) is 6.14. The summed E-state index contributed by atoms with van der Waals surface area (Å²) in [4.78, 5) is 38.9. The SMILES string of the molecule is COC(=O)c1ccc2[nH]c(=O)n(-c3ccccc3)c(=O)n12. The Bertz CT molecular complexity index is 934. The summed E-state index contributed by atoms with van der Waals surface area (Å²) >= 11 is 0. The smallest absolute Gasteiger partial charge is 0.355 e. The molecule has 3 aromatic rings. The molecule has 1 N–H and O–H groups in total. The zero-order valence-electron chi connectivity index (χ0n) is 11.1. The third-order valence-electron chi connectivity index (χ3n) is 3.11. The fourth-order valence-electron chi connectivity index (χ4n) is 2.16. The first kappa shape index (κ1) is 12.9. The second kappa shape index (κ2) is 4.78. The number of fused-ring (bicyclic) bond motifs is 1. The van der Waals surface area contributed by atoms with Crippen LogP contribution in [0.2, 0.25) is 0 Å². The van der Waals surface area contributed by atoms with E-state index >= 15 is 0 Å². The molecule has 2 heterocycles. The maximum atomic E-state index is 12.6. The number of H-pyrrole nitrogens is 1. The summed E-state index contributed by atoms with van der Waals surface area (Å²) < 4.78 is 6.70. The highest BCUT2D eigenvalue weighted by Gasteiger charge is 2.17. The van der Waals surface area contributed by atoms with Crippen molar-refractivity contribution < 1.29 is 9.53 Å². The number of ether oxygens (including phenoxy) is 1. The minimum Gasteiger partial charge on any atom is -0.464 e. The Morgan fingerprint density at radius 2 is 1.81 bits per heavy atom. The number of methoxy groups -OCH3 is 1. The van der Waals surface area contributed by atoms with Gasteiger partial charge in [-0.15, -0.1) is 0 Å². The van der Waals surface area contributed by atoms with Crippen molar-refractivity contribution in [3.05, 3.63) is 69.1 Å². The molecular formula is C14H11N3O4. The van der Waals surface area contributed by atoms with Crippen molar-refractivity contribution in [1.82, 2.24) is 14.0 Å². The Morgan fingerprint density at radius 1 is 1.10 bits per heavy atom. The van der Waals surface area contributed by atoms with Crippen LogP contribution in [0, 0.1) is 0 Å². The predicted molar refractivity (Wildman–Crippen MR) is 75.0 cm³/mol. The van der Waals surface area contributed by atoms with Gasteiger partial charge < -0.3 is 4.74 Å². The number of hydrogen-bond acceptors (Lipinski definition) is 4. The van der Waals surface area contributed by atoms with E-state index in [4.69, 9.17) is 0 Å². The van der Waals surface area contributed by atoms with Gasteiger partial charge in [0.2, 0.25) is 0 Å². The lowest BCUT2D eigenvalue weighted by atomic mass is 10.3. The number of rotatable bonds is 2. The van der Waals surface area contributed by atoms with E-state index in [0.717, 1.165) is 8.97 Å². The van der Waals surface area contributed by atoms with Crippen molar-refractivity contribution in [2.24, 2.45) is 0 Å². The highest BCUT2D eigenvalue weighted by atomic mass is 16.5. The summed E-state index contributed by atoms with van der Waals surface area (Å²) in [5, 5.41) is 0. The molecule has 0 radical (unpaired) electrons. The van der Waals surface area contributed by atoms with Crippen LogP contribution in [0.5, 0.6) is 0 Å². The molecular weight excluding hydrogens is 274 g/mol. The van der Waals surface area contributed by atoms with Gasteiger partial charge in [-0.1, -0.05) is 18.2 Å². The number of para-hydroxylation sites is 1. The van der Waals surface area contributed by atoms with E-state index in [-0.39, 0.29) is 11.3 Å². The van der Waals surface area contributed by atoms with Gasteiger partial charge in [0.1, 0.15) is 11.3 Å². The average Bonchev–Trinajstić information content (AvgIpc) is 2.91. The molecule has 3 rings (SSSR count). The second-order valence-electron chi connectivity index (χ2n) is 4.31. The summed E-state index contributed by atoms with van der Waals surface area (Å²) in [6.45, 7) is 0. The van der Waals surface area contributed by atoms with Gasteiger partial charge in [-0.25, -0.2) is 23.4 Å². The van der Waals surface area contributed by atoms with Crippen LogP contribution in [0.4, 0.5) is 0 Å². The van der Waals surface area contributed by atoms with E-state index in [2.05, 4.69) is 9.72 Å². The van der Waals surface area contributed by atoms with Gasteiger partial charge >= 0.3 is 17.3 Å². The minimum atomic E-state index is -0.654. The van der Waals surface area contributed by atoms with Crippen LogP contribution in [-0.2, 0) is 4.74 Å². The third kappa shape index (κ3) is 1.95. The number of esters is 1. The molecule has 21 heavy (non-hydrogen) atoms. The first-order chi connectivity index (χ1) is 10.1. The third-order valence-corrected chi connectivity index (χ3v) is 3.11. The number of hydrogen-bond donors (Lipinski definition) is 1. The van der Waals surface area contributed by atoms with Crippen LogP contribution in [0.3, 0.4) is 0 Å². The van der Waals surface area contributed by atoms with Gasteiger partial charge in [0, 0.05) is 0 Å². The maximum absolute atomic E-state index is 12.6. The van der Waals surface area contributed by atoms with E-state index in [1.54, 1.807) is 30.3 Å². The number of nitrogens with zero attached hydrogens (tertiary/aromatic N) is 2. The summed E-state index contributed by atoms with van der Waals surface area (Å²) in [6.07, 6.45) is 0. The molecule has 0 amide bonds. The molecule has 0 aliphatic heterocycles. The highest BCUT2D eigenvalue weighted by molar-refractivity contribution is 5.88. The van der Waals surface area contributed by atoms with Crippen LogP contribution in [0.25, 0.3) is 11.3 Å². The normalized spacial score (nSPS) is 10.7.